The molecule has 0 aliphatic rings. The molecule has 0 spiro atoms. The number of nitrogens with zero attached hydrogens (tertiary/aromatic N) is 2. The highest BCUT2D eigenvalue weighted by molar-refractivity contribution is 5.69. The van der Waals surface area contributed by atoms with Crippen molar-refractivity contribution in [2.45, 2.75) is 226 Å². The quantitative estimate of drug-likeness (QED) is 0.0365. The van der Waals surface area contributed by atoms with E-state index in [0.29, 0.717) is 26.0 Å². The second-order valence-corrected chi connectivity index (χ2v) is 14.6. The molecule has 49 heavy (non-hydrogen) atoms. The Balaban J connectivity index is 4.11. The van der Waals surface area contributed by atoms with Gasteiger partial charge in [-0.2, -0.15) is 0 Å². The third-order valence-corrected chi connectivity index (χ3v) is 9.81. The molecule has 0 saturated heterocycles. The molecule has 0 aliphatic carbocycles. The number of ether oxygens (including phenoxy) is 2. The molecule has 0 radical (unpaired) electrons. The molecule has 0 amide bonds. The van der Waals surface area contributed by atoms with Crippen LogP contribution in [0.4, 0.5) is 0 Å². The predicted octanol–water partition coefficient (Wildman–Crippen LogP) is 12.8. The Morgan fingerprint density at radius 3 is 1.43 bits per heavy atom. The first-order chi connectivity index (χ1) is 24.1. The molecule has 0 N–H and O–H groups in total. The van der Waals surface area contributed by atoms with Crippen molar-refractivity contribution in [1.82, 2.24) is 4.90 Å². The van der Waals surface area contributed by atoms with E-state index in [1.807, 2.05) is 0 Å². The third kappa shape index (κ3) is 36.0. The zero-order valence-electron chi connectivity index (χ0n) is 33.1. The molecule has 0 heterocycles. The minimum absolute atomic E-state index is 0.00624. The molecule has 0 aromatic heterocycles. The van der Waals surface area contributed by atoms with Crippen molar-refractivity contribution in [3.8, 4) is 0 Å². The van der Waals surface area contributed by atoms with Gasteiger partial charge in [0.05, 0.1) is 13.2 Å². The molecule has 0 atom stereocenters. The number of carbonyl (C=O) groups excluding carboxylic acids is 2. The van der Waals surface area contributed by atoms with Gasteiger partial charge in [-0.1, -0.05) is 149 Å². The van der Waals surface area contributed by atoms with Gasteiger partial charge in [-0.05, 0) is 70.9 Å². The van der Waals surface area contributed by atoms with Crippen LogP contribution in [-0.2, 0) is 19.1 Å². The summed E-state index contributed by atoms with van der Waals surface area (Å²) < 4.78 is 11.4. The summed E-state index contributed by atoms with van der Waals surface area (Å²) in [5.41, 5.74) is 0. The average molecular weight is 691 g/mol. The van der Waals surface area contributed by atoms with Crippen LogP contribution in [-0.4, -0.2) is 55.7 Å². The minimum atomic E-state index is -0.0364. The first-order valence-corrected chi connectivity index (χ1v) is 21.5. The normalized spacial score (nSPS) is 11.3. The maximum absolute atomic E-state index is 12.7. The van der Waals surface area contributed by atoms with Gasteiger partial charge in [0, 0.05) is 12.8 Å². The van der Waals surface area contributed by atoms with E-state index in [1.165, 1.54) is 109 Å². The van der Waals surface area contributed by atoms with Crippen LogP contribution in [0.15, 0.2) is 0 Å². The monoisotopic (exact) mass is 691 g/mol. The molecule has 6 nitrogen and oxygen atoms in total. The molecule has 0 fully saturated rings. The standard InChI is InChI=1S/C43H82N2O4/c1-5-8-11-14-17-23-31-40-48-42(46)34-27-21-18-22-29-37-45(39-36-44-4)38-30-24-28-35-43(47)49-41(32-25-19-15-12-9-6-2)33-26-20-16-13-10-7-3/h41H,5-40H2,1-3H3. The van der Waals surface area contributed by atoms with Crippen LogP contribution < -0.4 is 0 Å². The summed E-state index contributed by atoms with van der Waals surface area (Å²) in [6.45, 7) is 18.0. The molecular formula is C43H82N2O4. The van der Waals surface area contributed by atoms with Crippen LogP contribution in [0.5, 0.6) is 0 Å². The predicted molar refractivity (Wildman–Crippen MR) is 209 cm³/mol. The van der Waals surface area contributed by atoms with Gasteiger partial charge in [0.2, 0.25) is 6.54 Å². The minimum Gasteiger partial charge on any atom is -0.466 e. The van der Waals surface area contributed by atoms with E-state index in [2.05, 4.69) is 30.5 Å². The molecular weight excluding hydrogens is 608 g/mol. The molecule has 288 valence electrons. The van der Waals surface area contributed by atoms with Gasteiger partial charge in [0.1, 0.15) is 6.10 Å². The van der Waals surface area contributed by atoms with Crippen LogP contribution in [0.25, 0.3) is 4.85 Å². The summed E-state index contributed by atoms with van der Waals surface area (Å²) in [5.74, 6) is -0.0426. The molecule has 6 heteroatoms. The van der Waals surface area contributed by atoms with Crippen molar-refractivity contribution in [2.75, 3.05) is 32.8 Å². The van der Waals surface area contributed by atoms with Crippen LogP contribution >= 0.6 is 0 Å². The van der Waals surface area contributed by atoms with E-state index in [0.717, 1.165) is 96.7 Å². The topological polar surface area (TPSA) is 60.2 Å². The van der Waals surface area contributed by atoms with Crippen molar-refractivity contribution in [3.05, 3.63) is 11.4 Å². The maximum atomic E-state index is 12.7. The van der Waals surface area contributed by atoms with Gasteiger partial charge in [0.25, 0.3) is 0 Å². The third-order valence-electron chi connectivity index (χ3n) is 9.81. The summed E-state index contributed by atoms with van der Waals surface area (Å²) in [7, 11) is 0. The first-order valence-electron chi connectivity index (χ1n) is 21.5. The summed E-state index contributed by atoms with van der Waals surface area (Å²) >= 11 is 0. The summed E-state index contributed by atoms with van der Waals surface area (Å²) in [4.78, 5) is 30.8. The SMILES string of the molecule is [C-]#[N+]CCN(CCCCCCCC(=O)OCCCCCCCCC)CCCCCC(=O)OC(CCCCCCCC)CCCCCCCC. The van der Waals surface area contributed by atoms with Crippen LogP contribution in [0.2, 0.25) is 0 Å². The molecule has 0 rings (SSSR count). The van der Waals surface area contributed by atoms with E-state index in [4.69, 9.17) is 16.0 Å². The van der Waals surface area contributed by atoms with Crippen LogP contribution in [0, 0.1) is 6.57 Å². The summed E-state index contributed by atoms with van der Waals surface area (Å²) in [5, 5.41) is 0. The van der Waals surface area contributed by atoms with Crippen molar-refractivity contribution < 1.29 is 19.1 Å². The van der Waals surface area contributed by atoms with E-state index < -0.39 is 0 Å². The number of hydrogen-bond acceptors (Lipinski definition) is 5. The van der Waals surface area contributed by atoms with Gasteiger partial charge in [-0.25, -0.2) is 6.57 Å². The molecule has 0 aromatic rings. The number of unbranched alkanes of at least 4 members (excludes halogenated alkanes) is 22. The second kappa shape index (κ2) is 39.2. The highest BCUT2D eigenvalue weighted by atomic mass is 16.5. The van der Waals surface area contributed by atoms with Gasteiger partial charge in [-0.15, -0.1) is 0 Å². The van der Waals surface area contributed by atoms with E-state index in [9.17, 15) is 9.59 Å². The number of carbonyl (C=O) groups is 2. The van der Waals surface area contributed by atoms with Crippen LogP contribution in [0.3, 0.4) is 0 Å². The van der Waals surface area contributed by atoms with Gasteiger partial charge in [-0.3, -0.25) is 14.5 Å². The number of hydrogen-bond donors (Lipinski definition) is 0. The number of rotatable bonds is 39. The zero-order valence-corrected chi connectivity index (χ0v) is 33.1. The average Bonchev–Trinajstić information content (AvgIpc) is 3.10. The Kier molecular flexibility index (Phi) is 37.9. The summed E-state index contributed by atoms with van der Waals surface area (Å²) in [6.07, 6.45) is 35.6. The lowest BCUT2D eigenvalue weighted by molar-refractivity contribution is -0.150. The van der Waals surface area contributed by atoms with Crippen molar-refractivity contribution in [1.29, 1.82) is 0 Å². The first kappa shape index (κ1) is 47.4. The molecule has 0 unspecified atom stereocenters. The Morgan fingerprint density at radius 1 is 0.510 bits per heavy atom. The maximum Gasteiger partial charge on any atom is 0.306 e. The van der Waals surface area contributed by atoms with E-state index in [-0.39, 0.29) is 18.0 Å². The zero-order chi connectivity index (χ0) is 35.9. The van der Waals surface area contributed by atoms with Crippen LogP contribution in [0.1, 0.15) is 220 Å². The largest absolute Gasteiger partial charge is 0.466 e. The Morgan fingerprint density at radius 2 is 0.918 bits per heavy atom. The lowest BCUT2D eigenvalue weighted by atomic mass is 10.0. The highest BCUT2D eigenvalue weighted by Crippen LogP contribution is 2.18. The Hall–Kier alpha value is -1.61. The lowest BCUT2D eigenvalue weighted by Gasteiger charge is -2.20. The second-order valence-electron chi connectivity index (χ2n) is 14.6. The Bertz CT molecular complexity index is 737. The van der Waals surface area contributed by atoms with Gasteiger partial charge in [0.15, 0.2) is 0 Å². The van der Waals surface area contributed by atoms with Crippen molar-refractivity contribution in [3.63, 3.8) is 0 Å². The fourth-order valence-corrected chi connectivity index (χ4v) is 6.57. The smallest absolute Gasteiger partial charge is 0.306 e. The fourth-order valence-electron chi connectivity index (χ4n) is 6.57. The van der Waals surface area contributed by atoms with Crippen molar-refractivity contribution >= 4 is 11.9 Å². The summed E-state index contributed by atoms with van der Waals surface area (Å²) in [6, 6.07) is 0. The Labute approximate surface area is 305 Å². The fraction of sp³-hybridized carbons (Fsp3) is 0.930. The number of esters is 2. The van der Waals surface area contributed by atoms with E-state index in [1.54, 1.807) is 0 Å². The highest BCUT2D eigenvalue weighted by Gasteiger charge is 2.15. The molecule has 0 bridgehead atoms. The molecule has 0 saturated carbocycles. The lowest BCUT2D eigenvalue weighted by Crippen LogP contribution is -2.28. The molecule has 0 aliphatic heterocycles. The van der Waals surface area contributed by atoms with Gasteiger partial charge < -0.3 is 14.3 Å². The van der Waals surface area contributed by atoms with Crippen molar-refractivity contribution in [2.24, 2.45) is 0 Å². The van der Waals surface area contributed by atoms with Gasteiger partial charge >= 0.3 is 11.9 Å². The van der Waals surface area contributed by atoms with E-state index >= 15 is 0 Å². The molecule has 0 aromatic carbocycles.